The number of fused-ring (bicyclic) bond motifs is 5. The molecule has 4 rings (SSSR count). The van der Waals surface area contributed by atoms with Gasteiger partial charge in [-0.1, -0.05) is 26.0 Å². The van der Waals surface area contributed by atoms with Crippen LogP contribution in [0.5, 0.6) is 0 Å². The molecular weight excluding hydrogens is 282 g/mol. The lowest BCUT2D eigenvalue weighted by Gasteiger charge is -2.60. The summed E-state index contributed by atoms with van der Waals surface area (Å²) in [6, 6.07) is 0. The summed E-state index contributed by atoms with van der Waals surface area (Å²) in [5.41, 5.74) is 3.22. The number of carbonyl (C=O) groups excluding carboxylic acids is 1. The smallest absolute Gasteiger partial charge is 0.139 e. The quantitative estimate of drug-likeness (QED) is 0.589. The highest BCUT2D eigenvalue weighted by atomic mass is 16.1. The fourth-order valence-electron chi connectivity index (χ4n) is 7.02. The van der Waals surface area contributed by atoms with E-state index in [-0.39, 0.29) is 5.41 Å². The summed E-state index contributed by atoms with van der Waals surface area (Å²) in [6.45, 7) is 9.32. The van der Waals surface area contributed by atoms with E-state index in [1.54, 1.807) is 0 Å². The Labute approximate surface area is 140 Å². The van der Waals surface area contributed by atoms with E-state index in [0.717, 1.165) is 38.0 Å². The molecule has 4 aliphatic carbocycles. The summed E-state index contributed by atoms with van der Waals surface area (Å²) < 4.78 is 0. The minimum absolute atomic E-state index is 0.0185. The molecule has 6 atom stereocenters. The van der Waals surface area contributed by atoms with E-state index in [2.05, 4.69) is 25.4 Å². The van der Waals surface area contributed by atoms with Gasteiger partial charge in [0, 0.05) is 24.6 Å². The second kappa shape index (κ2) is 5.04. The van der Waals surface area contributed by atoms with Crippen molar-refractivity contribution in [3.8, 4) is 0 Å². The first-order valence-electron chi connectivity index (χ1n) is 9.55. The summed E-state index contributed by atoms with van der Waals surface area (Å²) in [6.07, 6.45) is 9.06. The summed E-state index contributed by atoms with van der Waals surface area (Å²) >= 11 is 0. The van der Waals surface area contributed by atoms with Gasteiger partial charge in [-0.05, 0) is 74.0 Å². The molecule has 0 aromatic rings. The standard InChI is InChI=1S/C21H31NO/c1-13-11-15-16-5-6-19(23)21(16,3)10-8-17(15)20(2)9-7-14(22-4)12-18(13)20/h15-18H,1,5-12H2,2-4H3/t15?,16?,17?,18-,20-,21+/m1/s1. The minimum Gasteiger partial charge on any atom is -0.299 e. The van der Waals surface area contributed by atoms with Crippen molar-refractivity contribution in [1.82, 2.24) is 0 Å². The molecule has 2 heteroatoms. The molecule has 4 fully saturated rings. The maximum atomic E-state index is 12.5. The molecule has 2 nitrogen and oxygen atoms in total. The van der Waals surface area contributed by atoms with Gasteiger partial charge in [0.2, 0.25) is 0 Å². The van der Waals surface area contributed by atoms with Crippen LogP contribution < -0.4 is 0 Å². The van der Waals surface area contributed by atoms with E-state index in [0.29, 0.717) is 29.0 Å². The van der Waals surface area contributed by atoms with Crippen LogP contribution in [0.15, 0.2) is 17.1 Å². The van der Waals surface area contributed by atoms with Gasteiger partial charge in [0.25, 0.3) is 0 Å². The maximum absolute atomic E-state index is 12.5. The predicted octanol–water partition coefficient (Wildman–Crippen LogP) is 4.84. The summed E-state index contributed by atoms with van der Waals surface area (Å²) in [4.78, 5) is 17.0. The molecule has 3 unspecified atom stereocenters. The highest BCUT2D eigenvalue weighted by Gasteiger charge is 2.60. The lowest BCUT2D eigenvalue weighted by Crippen LogP contribution is -2.54. The van der Waals surface area contributed by atoms with Gasteiger partial charge >= 0.3 is 0 Å². The highest BCUT2D eigenvalue weighted by Crippen LogP contribution is 2.66. The van der Waals surface area contributed by atoms with Gasteiger partial charge in [-0.3, -0.25) is 9.79 Å². The monoisotopic (exact) mass is 313 g/mol. The van der Waals surface area contributed by atoms with Gasteiger partial charge in [0.05, 0.1) is 0 Å². The molecule has 4 saturated carbocycles. The van der Waals surface area contributed by atoms with Crippen LogP contribution in [0.3, 0.4) is 0 Å². The van der Waals surface area contributed by atoms with Crippen molar-refractivity contribution < 1.29 is 4.79 Å². The number of Topliss-reactive ketones (excluding diaryl/α,β-unsaturated/α-hetero) is 1. The van der Waals surface area contributed by atoms with Gasteiger partial charge in [0.15, 0.2) is 0 Å². The molecule has 0 aromatic carbocycles. The van der Waals surface area contributed by atoms with Crippen molar-refractivity contribution in [3.63, 3.8) is 0 Å². The first-order chi connectivity index (χ1) is 10.9. The van der Waals surface area contributed by atoms with E-state index in [1.165, 1.54) is 30.5 Å². The SMILES string of the molecule is C=C1CC2C3CCC(=O)[C@@]3(C)CCC2[C@@]2(C)CCC(=NC)C[C@H]12. The molecule has 0 bridgehead atoms. The Bertz CT molecular complexity index is 591. The second-order valence-corrected chi connectivity index (χ2v) is 9.21. The average molecular weight is 313 g/mol. The number of hydrogen-bond acceptors (Lipinski definition) is 2. The number of ketones is 1. The highest BCUT2D eigenvalue weighted by molar-refractivity contribution is 5.87. The molecule has 0 heterocycles. The third-order valence-corrected chi connectivity index (χ3v) is 8.49. The van der Waals surface area contributed by atoms with Gasteiger partial charge in [-0.15, -0.1) is 0 Å². The van der Waals surface area contributed by atoms with Gasteiger partial charge in [0.1, 0.15) is 5.78 Å². The molecule has 4 aliphatic rings. The van der Waals surface area contributed by atoms with Crippen LogP contribution >= 0.6 is 0 Å². The Morgan fingerprint density at radius 1 is 1.09 bits per heavy atom. The van der Waals surface area contributed by atoms with Crippen LogP contribution in [0.25, 0.3) is 0 Å². The van der Waals surface area contributed by atoms with Crippen LogP contribution in [0.4, 0.5) is 0 Å². The molecule has 0 saturated heterocycles. The Kier molecular flexibility index (Phi) is 3.42. The first kappa shape index (κ1) is 15.6. The van der Waals surface area contributed by atoms with Crippen molar-refractivity contribution in [2.45, 2.75) is 65.2 Å². The lowest BCUT2D eigenvalue weighted by molar-refractivity contribution is -0.134. The number of carbonyl (C=O) groups is 1. The summed E-state index contributed by atoms with van der Waals surface area (Å²) in [5.74, 6) is 3.28. The fourth-order valence-corrected chi connectivity index (χ4v) is 7.02. The Morgan fingerprint density at radius 2 is 1.87 bits per heavy atom. The van der Waals surface area contributed by atoms with Crippen LogP contribution in [0.2, 0.25) is 0 Å². The topological polar surface area (TPSA) is 29.4 Å². The number of rotatable bonds is 0. The van der Waals surface area contributed by atoms with Gasteiger partial charge in [-0.2, -0.15) is 0 Å². The molecule has 23 heavy (non-hydrogen) atoms. The molecule has 0 amide bonds. The van der Waals surface area contributed by atoms with Crippen molar-refractivity contribution in [2.75, 3.05) is 7.05 Å². The third-order valence-electron chi connectivity index (χ3n) is 8.49. The van der Waals surface area contributed by atoms with Gasteiger partial charge < -0.3 is 0 Å². The Morgan fingerprint density at radius 3 is 2.61 bits per heavy atom. The Hall–Kier alpha value is -0.920. The Balaban J connectivity index is 1.69. The second-order valence-electron chi connectivity index (χ2n) is 9.21. The fraction of sp³-hybridized carbons (Fsp3) is 0.810. The first-order valence-corrected chi connectivity index (χ1v) is 9.55. The van der Waals surface area contributed by atoms with Gasteiger partial charge in [-0.25, -0.2) is 0 Å². The largest absolute Gasteiger partial charge is 0.299 e. The zero-order chi connectivity index (χ0) is 16.4. The molecule has 0 aromatic heterocycles. The van der Waals surface area contributed by atoms with Crippen LogP contribution in [-0.4, -0.2) is 18.5 Å². The third kappa shape index (κ3) is 1.99. The minimum atomic E-state index is -0.0185. The zero-order valence-corrected chi connectivity index (χ0v) is 15.0. The molecule has 0 spiro atoms. The van der Waals surface area contributed by atoms with E-state index in [1.807, 2.05) is 7.05 Å². The van der Waals surface area contributed by atoms with E-state index in [4.69, 9.17) is 0 Å². The summed E-state index contributed by atoms with van der Waals surface area (Å²) in [7, 11) is 1.95. The number of nitrogens with zero attached hydrogens (tertiary/aromatic N) is 1. The van der Waals surface area contributed by atoms with E-state index < -0.39 is 0 Å². The summed E-state index contributed by atoms with van der Waals surface area (Å²) in [5, 5.41) is 0. The number of hydrogen-bond donors (Lipinski definition) is 0. The number of allylic oxidation sites excluding steroid dienone is 1. The van der Waals surface area contributed by atoms with Crippen molar-refractivity contribution in [2.24, 2.45) is 39.5 Å². The zero-order valence-electron chi connectivity index (χ0n) is 15.0. The molecular formula is C21H31NO. The molecule has 126 valence electrons. The molecule has 0 N–H and O–H groups in total. The molecule has 0 radical (unpaired) electrons. The van der Waals surface area contributed by atoms with Crippen LogP contribution in [0, 0.1) is 34.5 Å². The normalized spacial score (nSPS) is 51.3. The maximum Gasteiger partial charge on any atom is 0.139 e. The predicted molar refractivity (Wildman–Crippen MR) is 94.6 cm³/mol. The number of aliphatic imine (C=N–C) groups is 1. The van der Waals surface area contributed by atoms with Crippen LogP contribution in [0.1, 0.15) is 65.2 Å². The average Bonchev–Trinajstić information content (AvgIpc) is 2.83. The van der Waals surface area contributed by atoms with Crippen molar-refractivity contribution >= 4 is 11.5 Å². The molecule has 0 aliphatic heterocycles. The van der Waals surface area contributed by atoms with Crippen molar-refractivity contribution in [3.05, 3.63) is 12.2 Å². The van der Waals surface area contributed by atoms with Crippen LogP contribution in [-0.2, 0) is 4.79 Å². The van der Waals surface area contributed by atoms with Crippen molar-refractivity contribution in [1.29, 1.82) is 0 Å². The van der Waals surface area contributed by atoms with E-state index in [9.17, 15) is 4.79 Å². The lowest BCUT2D eigenvalue weighted by atomic mass is 9.44. The van der Waals surface area contributed by atoms with E-state index >= 15 is 0 Å².